The van der Waals surface area contributed by atoms with E-state index in [9.17, 15) is 4.79 Å². The third kappa shape index (κ3) is 1.36. The number of amides is 1. The molecule has 0 saturated heterocycles. The molecule has 1 aliphatic rings. The van der Waals surface area contributed by atoms with Crippen LogP contribution < -0.4 is 5.73 Å². The molecule has 1 amide bonds. The summed E-state index contributed by atoms with van der Waals surface area (Å²) in [6.45, 7) is 3.53. The van der Waals surface area contributed by atoms with Crippen LogP contribution in [0.3, 0.4) is 0 Å². The van der Waals surface area contributed by atoms with Crippen LogP contribution in [0.2, 0.25) is 0 Å². The van der Waals surface area contributed by atoms with E-state index in [1.807, 2.05) is 24.0 Å². The summed E-state index contributed by atoms with van der Waals surface area (Å²) in [4.78, 5) is 12.7. The Morgan fingerprint density at radius 2 is 2.10 bits per heavy atom. The van der Waals surface area contributed by atoms with Crippen LogP contribution in [0.4, 0.5) is 0 Å². The summed E-state index contributed by atoms with van der Waals surface area (Å²) in [6, 6.07) is -0.130. The van der Waals surface area contributed by atoms with E-state index in [1.165, 1.54) is 0 Å². The lowest BCUT2D eigenvalue weighted by Crippen LogP contribution is -2.41. The van der Waals surface area contributed by atoms with Crippen molar-refractivity contribution in [2.45, 2.75) is 13.0 Å². The molecule has 1 rings (SSSR count). The molecule has 0 bridgehead atoms. The molecule has 0 saturated carbocycles. The van der Waals surface area contributed by atoms with Crippen molar-refractivity contribution in [1.82, 2.24) is 4.90 Å². The maximum atomic E-state index is 10.6. The fourth-order valence-corrected chi connectivity index (χ4v) is 0.991. The Balaban J connectivity index is 2.42. The maximum Gasteiger partial charge on any atom is 0.234 e. The molecule has 0 fully saturated rings. The first-order chi connectivity index (χ1) is 4.72. The minimum atomic E-state index is -0.247. The van der Waals surface area contributed by atoms with Crippen molar-refractivity contribution in [3.63, 3.8) is 0 Å². The Morgan fingerprint density at radius 1 is 1.60 bits per heavy atom. The second-order valence-corrected chi connectivity index (χ2v) is 2.50. The number of hydrogen-bond acceptors (Lipinski definition) is 2. The van der Waals surface area contributed by atoms with Crippen LogP contribution in [0.25, 0.3) is 0 Å². The van der Waals surface area contributed by atoms with E-state index < -0.39 is 0 Å². The van der Waals surface area contributed by atoms with Crippen LogP contribution in [0.15, 0.2) is 12.2 Å². The van der Waals surface area contributed by atoms with Gasteiger partial charge in [0.2, 0.25) is 5.91 Å². The quantitative estimate of drug-likeness (QED) is 0.537. The van der Waals surface area contributed by atoms with Crippen molar-refractivity contribution >= 4 is 5.91 Å². The van der Waals surface area contributed by atoms with Crippen LogP contribution in [-0.2, 0) is 4.79 Å². The molecule has 0 aromatic heterocycles. The van der Waals surface area contributed by atoms with E-state index in [2.05, 4.69) is 0 Å². The molecule has 1 atom stereocenters. The minimum absolute atomic E-state index is 0.130. The highest BCUT2D eigenvalue weighted by Crippen LogP contribution is 2.03. The zero-order valence-corrected chi connectivity index (χ0v) is 6.08. The minimum Gasteiger partial charge on any atom is -0.368 e. The standard InChI is InChI=1S/C7H12N2O/c1-6(7(8)10)9-4-2-3-5-9/h2-3,6H,4-5H2,1H3,(H2,8,10). The van der Waals surface area contributed by atoms with Gasteiger partial charge in [0.1, 0.15) is 0 Å². The lowest BCUT2D eigenvalue weighted by atomic mass is 10.3. The lowest BCUT2D eigenvalue weighted by molar-refractivity contribution is -0.122. The van der Waals surface area contributed by atoms with Crippen molar-refractivity contribution in [3.8, 4) is 0 Å². The van der Waals surface area contributed by atoms with Crippen molar-refractivity contribution in [3.05, 3.63) is 12.2 Å². The van der Waals surface area contributed by atoms with Crippen molar-refractivity contribution < 1.29 is 4.79 Å². The van der Waals surface area contributed by atoms with Gasteiger partial charge in [0.15, 0.2) is 0 Å². The van der Waals surface area contributed by atoms with Gasteiger partial charge in [-0.25, -0.2) is 0 Å². The molecular weight excluding hydrogens is 128 g/mol. The second kappa shape index (κ2) is 2.84. The average Bonchev–Trinajstić information content (AvgIpc) is 2.36. The van der Waals surface area contributed by atoms with Gasteiger partial charge in [-0.05, 0) is 6.92 Å². The molecule has 56 valence electrons. The molecule has 10 heavy (non-hydrogen) atoms. The molecule has 3 heteroatoms. The number of nitrogens with zero attached hydrogens (tertiary/aromatic N) is 1. The summed E-state index contributed by atoms with van der Waals surface area (Å²) in [5.74, 6) is -0.247. The predicted molar refractivity (Wildman–Crippen MR) is 39.4 cm³/mol. The van der Waals surface area contributed by atoms with Gasteiger partial charge in [-0.15, -0.1) is 0 Å². The third-order valence-electron chi connectivity index (χ3n) is 1.81. The first-order valence-corrected chi connectivity index (χ1v) is 3.40. The van der Waals surface area contributed by atoms with Gasteiger partial charge < -0.3 is 5.73 Å². The van der Waals surface area contributed by atoms with Crippen LogP contribution in [-0.4, -0.2) is 29.9 Å². The molecule has 0 spiro atoms. The molecule has 0 aromatic carbocycles. The average molecular weight is 140 g/mol. The molecule has 1 aliphatic heterocycles. The van der Waals surface area contributed by atoms with E-state index in [1.54, 1.807) is 0 Å². The van der Waals surface area contributed by atoms with E-state index in [4.69, 9.17) is 5.73 Å². The number of hydrogen-bond donors (Lipinski definition) is 1. The Kier molecular flexibility index (Phi) is 2.06. The van der Waals surface area contributed by atoms with E-state index in [0.717, 1.165) is 13.1 Å². The second-order valence-electron chi connectivity index (χ2n) is 2.50. The summed E-state index contributed by atoms with van der Waals surface area (Å²) in [6.07, 6.45) is 4.08. The topological polar surface area (TPSA) is 46.3 Å². The maximum absolute atomic E-state index is 10.6. The number of nitrogens with two attached hydrogens (primary N) is 1. The predicted octanol–water partition coefficient (Wildman–Crippen LogP) is -0.268. The highest BCUT2D eigenvalue weighted by Gasteiger charge is 2.18. The first kappa shape index (κ1) is 7.28. The zero-order chi connectivity index (χ0) is 7.56. The number of primary amides is 1. The third-order valence-corrected chi connectivity index (χ3v) is 1.81. The molecule has 3 nitrogen and oxygen atoms in total. The van der Waals surface area contributed by atoms with Crippen LogP contribution in [0.5, 0.6) is 0 Å². The Labute approximate surface area is 60.5 Å². The van der Waals surface area contributed by atoms with Gasteiger partial charge in [-0.2, -0.15) is 0 Å². The fourth-order valence-electron chi connectivity index (χ4n) is 0.991. The molecule has 1 heterocycles. The highest BCUT2D eigenvalue weighted by atomic mass is 16.1. The summed E-state index contributed by atoms with van der Waals surface area (Å²) in [5, 5.41) is 0. The molecule has 0 aromatic rings. The van der Waals surface area contributed by atoms with Crippen molar-refractivity contribution in [2.75, 3.05) is 13.1 Å². The summed E-state index contributed by atoms with van der Waals surface area (Å²) >= 11 is 0. The van der Waals surface area contributed by atoms with Gasteiger partial charge in [0.05, 0.1) is 6.04 Å². The molecule has 0 radical (unpaired) electrons. The van der Waals surface area contributed by atoms with Crippen LogP contribution in [0.1, 0.15) is 6.92 Å². The van der Waals surface area contributed by atoms with Crippen molar-refractivity contribution in [2.24, 2.45) is 5.73 Å². The van der Waals surface area contributed by atoms with Gasteiger partial charge in [-0.1, -0.05) is 12.2 Å². The monoisotopic (exact) mass is 140 g/mol. The molecule has 1 unspecified atom stereocenters. The number of carbonyl (C=O) groups is 1. The largest absolute Gasteiger partial charge is 0.368 e. The Bertz CT molecular complexity index is 157. The summed E-state index contributed by atoms with van der Waals surface area (Å²) < 4.78 is 0. The summed E-state index contributed by atoms with van der Waals surface area (Å²) in [5.41, 5.74) is 5.11. The lowest BCUT2D eigenvalue weighted by Gasteiger charge is -2.19. The fraction of sp³-hybridized carbons (Fsp3) is 0.571. The SMILES string of the molecule is CC(C(N)=O)N1CC=CC1. The molecular formula is C7H12N2O. The van der Waals surface area contributed by atoms with Gasteiger partial charge in [0, 0.05) is 13.1 Å². The Morgan fingerprint density at radius 3 is 2.50 bits per heavy atom. The van der Waals surface area contributed by atoms with Crippen LogP contribution in [0, 0.1) is 0 Å². The normalized spacial score (nSPS) is 21.3. The first-order valence-electron chi connectivity index (χ1n) is 3.40. The molecule has 0 aliphatic carbocycles. The number of carbonyl (C=O) groups excluding carboxylic acids is 1. The smallest absolute Gasteiger partial charge is 0.234 e. The van der Waals surface area contributed by atoms with Crippen molar-refractivity contribution in [1.29, 1.82) is 0 Å². The van der Waals surface area contributed by atoms with E-state index in [-0.39, 0.29) is 11.9 Å². The zero-order valence-electron chi connectivity index (χ0n) is 6.08. The number of rotatable bonds is 2. The Hall–Kier alpha value is -0.830. The summed E-state index contributed by atoms with van der Waals surface area (Å²) in [7, 11) is 0. The van der Waals surface area contributed by atoms with Gasteiger partial charge in [-0.3, -0.25) is 9.69 Å². The highest BCUT2D eigenvalue weighted by molar-refractivity contribution is 5.79. The van der Waals surface area contributed by atoms with Gasteiger partial charge >= 0.3 is 0 Å². The van der Waals surface area contributed by atoms with Crippen LogP contribution >= 0.6 is 0 Å². The molecule has 2 N–H and O–H groups in total. The van der Waals surface area contributed by atoms with Gasteiger partial charge in [0.25, 0.3) is 0 Å². The van der Waals surface area contributed by atoms with E-state index >= 15 is 0 Å². The van der Waals surface area contributed by atoms with E-state index in [0.29, 0.717) is 0 Å².